The molecule has 16 heavy (non-hydrogen) atoms. The molecule has 0 saturated carbocycles. The van der Waals surface area contributed by atoms with Gasteiger partial charge in [0.2, 0.25) is 0 Å². The summed E-state index contributed by atoms with van der Waals surface area (Å²) in [5, 5.41) is 1.93. The highest BCUT2D eigenvalue weighted by Gasteiger charge is 2.23. The topological polar surface area (TPSA) is 52.6 Å². The Balaban J connectivity index is 2.64. The summed E-state index contributed by atoms with van der Waals surface area (Å²) >= 11 is 1.55. The average molecular weight is 242 g/mol. The van der Waals surface area contributed by atoms with Gasteiger partial charge in [0.1, 0.15) is 0 Å². The van der Waals surface area contributed by atoms with Gasteiger partial charge in [-0.1, -0.05) is 6.07 Å². The highest BCUT2D eigenvalue weighted by atomic mass is 32.1. The van der Waals surface area contributed by atoms with Crippen molar-refractivity contribution in [3.63, 3.8) is 0 Å². The molecule has 0 N–H and O–H groups in total. The van der Waals surface area contributed by atoms with Gasteiger partial charge in [0.15, 0.2) is 0 Å². The molecule has 0 bridgehead atoms. The van der Waals surface area contributed by atoms with E-state index in [-0.39, 0.29) is 12.4 Å². The van der Waals surface area contributed by atoms with Crippen LogP contribution in [0.15, 0.2) is 17.5 Å². The first-order valence-electron chi connectivity index (χ1n) is 4.84. The second kappa shape index (κ2) is 6.27. The molecule has 1 unspecified atom stereocenters. The summed E-state index contributed by atoms with van der Waals surface area (Å²) < 4.78 is 9.22. The van der Waals surface area contributed by atoms with E-state index in [1.54, 1.807) is 11.3 Å². The molecule has 0 amide bonds. The fourth-order valence-electron chi connectivity index (χ4n) is 1.36. The first kappa shape index (κ1) is 12.7. The van der Waals surface area contributed by atoms with Gasteiger partial charge in [-0.15, -0.1) is 11.3 Å². The molecule has 0 radical (unpaired) electrons. The second-order valence-corrected chi connectivity index (χ2v) is 4.32. The van der Waals surface area contributed by atoms with E-state index in [1.165, 1.54) is 14.2 Å². The van der Waals surface area contributed by atoms with Crippen molar-refractivity contribution in [1.82, 2.24) is 0 Å². The second-order valence-electron chi connectivity index (χ2n) is 3.28. The van der Waals surface area contributed by atoms with E-state index < -0.39 is 11.9 Å². The zero-order valence-corrected chi connectivity index (χ0v) is 10.1. The van der Waals surface area contributed by atoms with Gasteiger partial charge in [0.25, 0.3) is 0 Å². The van der Waals surface area contributed by atoms with Gasteiger partial charge >= 0.3 is 11.9 Å². The van der Waals surface area contributed by atoms with Crippen LogP contribution in [0.5, 0.6) is 0 Å². The monoisotopic (exact) mass is 242 g/mol. The summed E-state index contributed by atoms with van der Waals surface area (Å²) in [4.78, 5) is 23.7. The van der Waals surface area contributed by atoms with Gasteiger partial charge in [-0.3, -0.25) is 9.59 Å². The number of methoxy groups -OCH3 is 2. The minimum absolute atomic E-state index is 0.0566. The Morgan fingerprint density at radius 3 is 2.62 bits per heavy atom. The number of hydrogen-bond donors (Lipinski definition) is 0. The van der Waals surface area contributed by atoms with Crippen LogP contribution < -0.4 is 0 Å². The van der Waals surface area contributed by atoms with Crippen molar-refractivity contribution in [1.29, 1.82) is 0 Å². The lowest BCUT2D eigenvalue weighted by molar-refractivity contribution is -0.151. The van der Waals surface area contributed by atoms with E-state index in [1.807, 2.05) is 17.5 Å². The smallest absolute Gasteiger partial charge is 0.309 e. The number of carbonyl (C=O) groups excluding carboxylic acids is 2. The molecule has 1 rings (SSSR count). The summed E-state index contributed by atoms with van der Waals surface area (Å²) in [6.45, 7) is 0. The van der Waals surface area contributed by atoms with Crippen LogP contribution in [0.1, 0.15) is 11.3 Å². The maximum Gasteiger partial charge on any atom is 0.309 e. The summed E-state index contributed by atoms with van der Waals surface area (Å²) in [6, 6.07) is 3.84. The van der Waals surface area contributed by atoms with Crippen LogP contribution in [-0.4, -0.2) is 26.2 Å². The number of carbonyl (C=O) groups is 2. The Kier molecular flexibility index (Phi) is 4.98. The number of rotatable bonds is 5. The van der Waals surface area contributed by atoms with Gasteiger partial charge in [-0.2, -0.15) is 0 Å². The highest BCUT2D eigenvalue weighted by Crippen LogP contribution is 2.18. The van der Waals surface area contributed by atoms with E-state index in [9.17, 15) is 9.59 Å². The van der Waals surface area contributed by atoms with E-state index in [4.69, 9.17) is 0 Å². The number of thiophene rings is 1. The summed E-state index contributed by atoms with van der Waals surface area (Å²) in [7, 11) is 2.63. The van der Waals surface area contributed by atoms with Gasteiger partial charge in [0, 0.05) is 4.88 Å². The normalized spacial score (nSPS) is 11.9. The van der Waals surface area contributed by atoms with Crippen LogP contribution in [0.4, 0.5) is 0 Å². The van der Waals surface area contributed by atoms with Crippen LogP contribution >= 0.6 is 11.3 Å². The minimum Gasteiger partial charge on any atom is -0.469 e. The first-order chi connectivity index (χ1) is 7.67. The predicted octanol–water partition coefficient (Wildman–Crippen LogP) is 1.64. The number of hydrogen-bond acceptors (Lipinski definition) is 5. The van der Waals surface area contributed by atoms with Gasteiger partial charge in [0.05, 0.1) is 26.6 Å². The van der Waals surface area contributed by atoms with Crippen molar-refractivity contribution in [2.75, 3.05) is 14.2 Å². The molecule has 5 heteroatoms. The summed E-state index contributed by atoms with van der Waals surface area (Å²) in [6.07, 6.45) is 0.570. The Morgan fingerprint density at radius 1 is 1.38 bits per heavy atom. The Labute approximate surface area is 98.2 Å². The average Bonchev–Trinajstić information content (AvgIpc) is 2.79. The van der Waals surface area contributed by atoms with Crippen molar-refractivity contribution in [3.05, 3.63) is 22.4 Å². The standard InChI is InChI=1S/C11H14O4S/c1-14-10(12)7-8(11(13)15-2)6-9-4-3-5-16-9/h3-5,8H,6-7H2,1-2H3. The van der Waals surface area contributed by atoms with Crippen LogP contribution in [0.2, 0.25) is 0 Å². The zero-order chi connectivity index (χ0) is 12.0. The van der Waals surface area contributed by atoms with Gasteiger partial charge in [-0.25, -0.2) is 0 Å². The molecule has 1 heterocycles. The lowest BCUT2D eigenvalue weighted by Crippen LogP contribution is -2.22. The van der Waals surface area contributed by atoms with Crippen LogP contribution in [-0.2, 0) is 25.5 Å². The van der Waals surface area contributed by atoms with Crippen molar-refractivity contribution >= 4 is 23.3 Å². The Hall–Kier alpha value is -1.36. The molecule has 0 aliphatic carbocycles. The lowest BCUT2D eigenvalue weighted by atomic mass is 10.0. The van der Waals surface area contributed by atoms with E-state index >= 15 is 0 Å². The third kappa shape index (κ3) is 3.66. The highest BCUT2D eigenvalue weighted by molar-refractivity contribution is 7.09. The molecule has 0 aliphatic rings. The van der Waals surface area contributed by atoms with E-state index in [0.29, 0.717) is 6.42 Å². The third-order valence-corrected chi connectivity index (χ3v) is 3.10. The molecule has 1 aromatic heterocycles. The fourth-order valence-corrected chi connectivity index (χ4v) is 2.15. The third-order valence-electron chi connectivity index (χ3n) is 2.20. The summed E-state index contributed by atoms with van der Waals surface area (Å²) in [5.41, 5.74) is 0. The minimum atomic E-state index is -0.462. The maximum absolute atomic E-state index is 11.5. The maximum atomic E-state index is 11.5. The molecule has 0 spiro atoms. The Morgan fingerprint density at radius 2 is 2.12 bits per heavy atom. The van der Waals surface area contributed by atoms with Crippen molar-refractivity contribution in [2.24, 2.45) is 5.92 Å². The van der Waals surface area contributed by atoms with Crippen molar-refractivity contribution < 1.29 is 19.1 Å². The molecule has 88 valence electrons. The predicted molar refractivity (Wildman–Crippen MR) is 60.2 cm³/mol. The van der Waals surface area contributed by atoms with Crippen LogP contribution in [0.25, 0.3) is 0 Å². The van der Waals surface area contributed by atoms with Crippen LogP contribution in [0, 0.1) is 5.92 Å². The molecule has 0 fully saturated rings. The molecular weight excluding hydrogens is 228 g/mol. The first-order valence-corrected chi connectivity index (χ1v) is 5.72. The molecule has 4 nitrogen and oxygen atoms in total. The molecular formula is C11H14O4S. The SMILES string of the molecule is COC(=O)CC(Cc1cccs1)C(=O)OC. The number of esters is 2. The quantitative estimate of drug-likeness (QED) is 0.737. The van der Waals surface area contributed by atoms with Crippen molar-refractivity contribution in [2.45, 2.75) is 12.8 Å². The van der Waals surface area contributed by atoms with Gasteiger partial charge < -0.3 is 9.47 Å². The lowest BCUT2D eigenvalue weighted by Gasteiger charge is -2.11. The van der Waals surface area contributed by atoms with Gasteiger partial charge in [-0.05, 0) is 17.9 Å². The largest absolute Gasteiger partial charge is 0.469 e. The molecule has 0 aromatic carbocycles. The van der Waals surface area contributed by atoms with Crippen molar-refractivity contribution in [3.8, 4) is 0 Å². The van der Waals surface area contributed by atoms with Crippen LogP contribution in [0.3, 0.4) is 0 Å². The Bertz CT molecular complexity index is 345. The summed E-state index contributed by atoms with van der Waals surface area (Å²) in [5.74, 6) is -1.23. The molecule has 1 atom stereocenters. The molecule has 0 aliphatic heterocycles. The van der Waals surface area contributed by atoms with E-state index in [0.717, 1.165) is 4.88 Å². The molecule has 0 saturated heterocycles. The fraction of sp³-hybridized carbons (Fsp3) is 0.455. The van der Waals surface area contributed by atoms with E-state index in [2.05, 4.69) is 9.47 Å². The zero-order valence-electron chi connectivity index (χ0n) is 9.26. The number of ether oxygens (including phenoxy) is 2. The molecule has 1 aromatic rings.